The molecule has 2 N–H and O–H groups in total. The van der Waals surface area contributed by atoms with Gasteiger partial charge in [-0.25, -0.2) is 4.98 Å². The predicted octanol–water partition coefficient (Wildman–Crippen LogP) is 5.25. The van der Waals surface area contributed by atoms with E-state index in [9.17, 15) is 9.59 Å². The maximum atomic E-state index is 12.5. The SMILES string of the molecule is CC(=O)NC(CC(=O)Nc1ncc(Cc2ccc(Cl)cc2Cl)s1)c1ccccc1. The molecule has 0 spiro atoms. The molecule has 0 radical (unpaired) electrons. The highest BCUT2D eigenvalue weighted by Gasteiger charge is 2.18. The van der Waals surface area contributed by atoms with Gasteiger partial charge in [0.2, 0.25) is 11.8 Å². The van der Waals surface area contributed by atoms with Gasteiger partial charge in [0.25, 0.3) is 0 Å². The van der Waals surface area contributed by atoms with E-state index in [2.05, 4.69) is 15.6 Å². The van der Waals surface area contributed by atoms with Crippen molar-refractivity contribution in [2.45, 2.75) is 25.8 Å². The van der Waals surface area contributed by atoms with Crippen LogP contribution in [0.4, 0.5) is 5.13 Å². The van der Waals surface area contributed by atoms with E-state index in [1.807, 2.05) is 36.4 Å². The Morgan fingerprint density at radius 1 is 1.14 bits per heavy atom. The second-order valence-electron chi connectivity index (χ2n) is 6.46. The van der Waals surface area contributed by atoms with Crippen LogP contribution in [0.3, 0.4) is 0 Å². The van der Waals surface area contributed by atoms with E-state index in [4.69, 9.17) is 23.2 Å². The molecule has 29 heavy (non-hydrogen) atoms. The van der Waals surface area contributed by atoms with E-state index < -0.39 is 6.04 Å². The lowest BCUT2D eigenvalue weighted by Crippen LogP contribution is -2.29. The Hall–Kier alpha value is -2.41. The molecule has 5 nitrogen and oxygen atoms in total. The molecule has 0 saturated heterocycles. The third-order valence-electron chi connectivity index (χ3n) is 4.15. The van der Waals surface area contributed by atoms with Crippen LogP contribution in [0.5, 0.6) is 0 Å². The fraction of sp³-hybridized carbons (Fsp3) is 0.190. The van der Waals surface area contributed by atoms with Crippen LogP contribution in [0.1, 0.15) is 35.4 Å². The Balaban J connectivity index is 1.63. The molecule has 1 aromatic heterocycles. The number of carbonyl (C=O) groups excluding carboxylic acids is 2. The number of halogens is 2. The number of hydrogen-bond donors (Lipinski definition) is 2. The number of thiazole rings is 1. The first-order chi connectivity index (χ1) is 13.9. The highest BCUT2D eigenvalue weighted by Crippen LogP contribution is 2.27. The number of nitrogens with zero attached hydrogens (tertiary/aromatic N) is 1. The first-order valence-corrected chi connectivity index (χ1v) is 10.5. The van der Waals surface area contributed by atoms with Crippen molar-refractivity contribution in [2.24, 2.45) is 0 Å². The summed E-state index contributed by atoms with van der Waals surface area (Å²) in [5, 5.41) is 7.31. The van der Waals surface area contributed by atoms with Crippen molar-refractivity contribution in [3.05, 3.63) is 80.8 Å². The van der Waals surface area contributed by atoms with Crippen molar-refractivity contribution in [3.8, 4) is 0 Å². The predicted molar refractivity (Wildman–Crippen MR) is 118 cm³/mol. The minimum atomic E-state index is -0.402. The molecule has 2 amide bonds. The molecule has 0 aliphatic carbocycles. The van der Waals surface area contributed by atoms with Gasteiger partial charge in [0, 0.05) is 34.5 Å². The second-order valence-corrected chi connectivity index (χ2v) is 8.42. The number of nitrogens with one attached hydrogen (secondary N) is 2. The number of aromatic nitrogens is 1. The van der Waals surface area contributed by atoms with E-state index in [0.717, 1.165) is 16.0 Å². The molecule has 0 aliphatic heterocycles. The molecular weight excluding hydrogens is 429 g/mol. The summed E-state index contributed by atoms with van der Waals surface area (Å²) >= 11 is 13.5. The topological polar surface area (TPSA) is 71.1 Å². The van der Waals surface area contributed by atoms with Crippen LogP contribution in [0.2, 0.25) is 10.0 Å². The summed E-state index contributed by atoms with van der Waals surface area (Å²) in [4.78, 5) is 29.3. The van der Waals surface area contributed by atoms with Crippen LogP contribution in [0, 0.1) is 0 Å². The van der Waals surface area contributed by atoms with Crippen molar-refractivity contribution in [2.75, 3.05) is 5.32 Å². The molecule has 0 fully saturated rings. The highest BCUT2D eigenvalue weighted by molar-refractivity contribution is 7.15. The van der Waals surface area contributed by atoms with Gasteiger partial charge >= 0.3 is 0 Å². The molecule has 3 rings (SSSR count). The minimum Gasteiger partial charge on any atom is -0.349 e. The van der Waals surface area contributed by atoms with Crippen LogP contribution in [0.15, 0.2) is 54.7 Å². The lowest BCUT2D eigenvalue weighted by atomic mass is 10.0. The third kappa shape index (κ3) is 6.29. The molecule has 8 heteroatoms. The number of benzene rings is 2. The highest BCUT2D eigenvalue weighted by atomic mass is 35.5. The zero-order chi connectivity index (χ0) is 20.8. The maximum absolute atomic E-state index is 12.5. The Morgan fingerprint density at radius 2 is 1.90 bits per heavy atom. The Morgan fingerprint density at radius 3 is 2.59 bits per heavy atom. The quantitative estimate of drug-likeness (QED) is 0.519. The number of carbonyl (C=O) groups is 2. The molecule has 1 unspecified atom stereocenters. The zero-order valence-electron chi connectivity index (χ0n) is 15.6. The maximum Gasteiger partial charge on any atom is 0.228 e. The van der Waals surface area contributed by atoms with Gasteiger partial charge in [-0.1, -0.05) is 59.6 Å². The summed E-state index contributed by atoms with van der Waals surface area (Å²) in [6, 6.07) is 14.4. The molecule has 0 bridgehead atoms. The summed E-state index contributed by atoms with van der Waals surface area (Å²) in [6.07, 6.45) is 2.43. The fourth-order valence-electron chi connectivity index (χ4n) is 2.84. The Bertz CT molecular complexity index is 1010. The number of rotatable bonds is 7. The molecule has 3 aromatic rings. The molecule has 1 heterocycles. The largest absolute Gasteiger partial charge is 0.349 e. The monoisotopic (exact) mass is 447 g/mol. The summed E-state index contributed by atoms with van der Waals surface area (Å²) in [5.41, 5.74) is 1.81. The molecule has 1 atom stereocenters. The van der Waals surface area contributed by atoms with E-state index in [0.29, 0.717) is 21.6 Å². The summed E-state index contributed by atoms with van der Waals surface area (Å²) in [5.74, 6) is -0.416. The molecular formula is C21H19Cl2N3O2S. The van der Waals surface area contributed by atoms with E-state index in [1.54, 1.807) is 18.3 Å². The summed E-state index contributed by atoms with van der Waals surface area (Å²) in [7, 11) is 0. The minimum absolute atomic E-state index is 0.113. The van der Waals surface area contributed by atoms with Crippen LogP contribution < -0.4 is 10.6 Å². The van der Waals surface area contributed by atoms with Crippen LogP contribution in [-0.2, 0) is 16.0 Å². The zero-order valence-corrected chi connectivity index (χ0v) is 17.9. The van der Waals surface area contributed by atoms with Gasteiger partial charge in [0.15, 0.2) is 5.13 Å². The van der Waals surface area contributed by atoms with Gasteiger partial charge in [0.1, 0.15) is 0 Å². The average molecular weight is 448 g/mol. The van der Waals surface area contributed by atoms with E-state index in [-0.39, 0.29) is 18.2 Å². The number of hydrogen-bond acceptors (Lipinski definition) is 4. The van der Waals surface area contributed by atoms with Crippen LogP contribution in [0.25, 0.3) is 0 Å². The van der Waals surface area contributed by atoms with Crippen molar-refractivity contribution in [1.82, 2.24) is 10.3 Å². The smallest absolute Gasteiger partial charge is 0.228 e. The average Bonchev–Trinajstić information content (AvgIpc) is 3.10. The van der Waals surface area contributed by atoms with Crippen molar-refractivity contribution >= 4 is 51.5 Å². The Labute approximate surface area is 183 Å². The Kier molecular flexibility index (Phi) is 7.25. The van der Waals surface area contributed by atoms with Gasteiger partial charge in [0.05, 0.1) is 12.5 Å². The number of anilines is 1. The fourth-order valence-corrected chi connectivity index (χ4v) is 4.17. The lowest BCUT2D eigenvalue weighted by Gasteiger charge is -2.17. The molecule has 0 saturated carbocycles. The van der Waals surface area contributed by atoms with Crippen molar-refractivity contribution in [3.63, 3.8) is 0 Å². The third-order valence-corrected chi connectivity index (χ3v) is 5.65. The normalized spacial score (nSPS) is 11.7. The molecule has 0 aliphatic rings. The number of amides is 2. The van der Waals surface area contributed by atoms with Gasteiger partial charge in [-0.05, 0) is 23.3 Å². The van der Waals surface area contributed by atoms with Gasteiger partial charge in [-0.15, -0.1) is 11.3 Å². The molecule has 150 valence electrons. The van der Waals surface area contributed by atoms with E-state index in [1.165, 1.54) is 18.3 Å². The lowest BCUT2D eigenvalue weighted by molar-refractivity contribution is -0.120. The van der Waals surface area contributed by atoms with Gasteiger partial charge in [-0.3, -0.25) is 9.59 Å². The first kappa shape index (κ1) is 21.3. The van der Waals surface area contributed by atoms with Crippen LogP contribution in [-0.4, -0.2) is 16.8 Å². The first-order valence-electron chi connectivity index (χ1n) is 8.91. The van der Waals surface area contributed by atoms with Crippen molar-refractivity contribution < 1.29 is 9.59 Å². The molecule has 2 aromatic carbocycles. The van der Waals surface area contributed by atoms with Crippen LogP contribution >= 0.6 is 34.5 Å². The van der Waals surface area contributed by atoms with Crippen molar-refractivity contribution in [1.29, 1.82) is 0 Å². The van der Waals surface area contributed by atoms with E-state index >= 15 is 0 Å². The standard InChI is InChI=1S/C21H19Cl2N3O2S/c1-13(27)25-19(14-5-3-2-4-6-14)11-20(28)26-21-24-12-17(29-21)9-15-7-8-16(22)10-18(15)23/h2-8,10,12,19H,9,11H2,1H3,(H,25,27)(H,24,26,28). The van der Waals surface area contributed by atoms with Gasteiger partial charge in [-0.2, -0.15) is 0 Å². The summed E-state index contributed by atoms with van der Waals surface area (Å²) < 4.78 is 0. The summed E-state index contributed by atoms with van der Waals surface area (Å²) in [6.45, 7) is 1.43. The second kappa shape index (κ2) is 9.87. The van der Waals surface area contributed by atoms with Gasteiger partial charge < -0.3 is 10.6 Å².